The Kier molecular flexibility index (Phi) is 9.09. The van der Waals surface area contributed by atoms with Crippen molar-refractivity contribution in [3.8, 4) is 0 Å². The first-order valence-electron chi connectivity index (χ1n) is 9.62. The number of hydrogen-bond acceptors (Lipinski definition) is 4. The fourth-order valence-electron chi connectivity index (χ4n) is 2.35. The number of rotatable bonds is 6. The molecule has 2 N–H and O–H groups in total. The molecule has 0 aliphatic carbocycles. The van der Waals surface area contributed by atoms with Crippen LogP contribution in [0, 0.1) is 12.7 Å². The zero-order valence-corrected chi connectivity index (χ0v) is 18.8. The van der Waals surface area contributed by atoms with Crippen molar-refractivity contribution in [1.82, 2.24) is 9.97 Å². The van der Waals surface area contributed by atoms with E-state index >= 15 is 0 Å². The summed E-state index contributed by atoms with van der Waals surface area (Å²) < 4.78 is 14.0. The van der Waals surface area contributed by atoms with Gasteiger partial charge in [-0.2, -0.15) is 4.98 Å². The van der Waals surface area contributed by atoms with Gasteiger partial charge < -0.3 is 10.6 Å². The molecule has 30 heavy (non-hydrogen) atoms. The van der Waals surface area contributed by atoms with Gasteiger partial charge in [0.15, 0.2) is 0 Å². The summed E-state index contributed by atoms with van der Waals surface area (Å²) in [4.78, 5) is 8.23. The quantitative estimate of drug-likeness (QED) is 0.378. The number of benzene rings is 2. The van der Waals surface area contributed by atoms with Gasteiger partial charge in [0.25, 0.3) is 0 Å². The maximum Gasteiger partial charge on any atom is 0.224 e. The minimum atomic E-state index is -0.484. The molecule has 0 unspecified atom stereocenters. The zero-order valence-electron chi connectivity index (χ0n) is 17.3. The fourth-order valence-corrected chi connectivity index (χ4v) is 2.70. The van der Waals surface area contributed by atoms with E-state index in [1.165, 1.54) is 31.2 Å². The van der Waals surface area contributed by atoms with Crippen LogP contribution in [0.1, 0.15) is 37.8 Å². The van der Waals surface area contributed by atoms with Crippen LogP contribution in [0.3, 0.4) is 0 Å². The number of aryl methyl sites for hydroxylation is 1. The lowest BCUT2D eigenvalue weighted by molar-refractivity contribution is 0.632. The third-order valence-electron chi connectivity index (χ3n) is 4.22. The molecule has 0 radical (unpaired) electrons. The van der Waals surface area contributed by atoms with Crippen molar-refractivity contribution < 1.29 is 4.39 Å². The summed E-state index contributed by atoms with van der Waals surface area (Å²) in [7, 11) is 0. The Morgan fingerprint density at radius 3 is 2.40 bits per heavy atom. The number of nitrogens with one attached hydrogen (secondary N) is 2. The lowest BCUT2D eigenvalue weighted by Gasteiger charge is -2.16. The number of hydrogen-bond donors (Lipinski definition) is 2. The second-order valence-electron chi connectivity index (χ2n) is 6.54. The van der Waals surface area contributed by atoms with Crippen LogP contribution in [0.2, 0.25) is 10.3 Å². The SMILES string of the molecule is C=C(Nc1c(F)cccc1Cl)c1cnc(Cl)nc1Nc1ccccc1C.CCCC. The molecule has 0 amide bonds. The largest absolute Gasteiger partial charge is 0.352 e. The number of aromatic nitrogens is 2. The van der Waals surface area contributed by atoms with Gasteiger partial charge in [0.2, 0.25) is 5.28 Å². The Hall–Kier alpha value is -2.63. The third kappa shape index (κ3) is 6.44. The normalized spacial score (nSPS) is 10.1. The predicted octanol–water partition coefficient (Wildman–Crippen LogP) is 7.86. The molecule has 158 valence electrons. The van der Waals surface area contributed by atoms with E-state index in [1.54, 1.807) is 6.07 Å². The molecule has 4 nitrogen and oxygen atoms in total. The van der Waals surface area contributed by atoms with Crippen LogP contribution < -0.4 is 10.6 Å². The highest BCUT2D eigenvalue weighted by Gasteiger charge is 2.14. The third-order valence-corrected chi connectivity index (χ3v) is 4.72. The van der Waals surface area contributed by atoms with Gasteiger partial charge in [0.05, 0.1) is 16.3 Å². The lowest BCUT2D eigenvalue weighted by Crippen LogP contribution is -2.06. The van der Waals surface area contributed by atoms with E-state index in [2.05, 4.69) is 41.0 Å². The Bertz CT molecular complexity index is 986. The Morgan fingerprint density at radius 2 is 1.77 bits per heavy atom. The number of nitrogens with zero attached hydrogens (tertiary/aromatic N) is 2. The predicted molar refractivity (Wildman–Crippen MR) is 126 cm³/mol. The molecule has 1 heterocycles. The molecular weight excluding hydrogens is 422 g/mol. The van der Waals surface area contributed by atoms with Gasteiger partial charge in [-0.25, -0.2) is 9.37 Å². The van der Waals surface area contributed by atoms with Crippen molar-refractivity contribution in [2.45, 2.75) is 33.6 Å². The smallest absolute Gasteiger partial charge is 0.224 e. The minimum Gasteiger partial charge on any atom is -0.352 e. The molecule has 0 atom stereocenters. The van der Waals surface area contributed by atoms with Crippen molar-refractivity contribution in [3.63, 3.8) is 0 Å². The topological polar surface area (TPSA) is 49.8 Å². The van der Waals surface area contributed by atoms with Gasteiger partial charge in [-0.1, -0.05) is 69.1 Å². The molecule has 0 fully saturated rings. The molecule has 0 saturated heterocycles. The van der Waals surface area contributed by atoms with Gasteiger partial charge in [-0.05, 0) is 42.3 Å². The van der Waals surface area contributed by atoms with Crippen molar-refractivity contribution in [3.05, 3.63) is 82.5 Å². The molecule has 2 aromatic carbocycles. The van der Waals surface area contributed by atoms with Crippen LogP contribution in [-0.4, -0.2) is 9.97 Å². The maximum atomic E-state index is 14.0. The van der Waals surface area contributed by atoms with E-state index in [1.807, 2.05) is 31.2 Å². The number of halogens is 3. The summed E-state index contributed by atoms with van der Waals surface area (Å²) >= 11 is 12.0. The average molecular weight is 447 g/mol. The molecule has 0 bridgehead atoms. The van der Waals surface area contributed by atoms with Crippen molar-refractivity contribution in [1.29, 1.82) is 0 Å². The first-order valence-corrected chi connectivity index (χ1v) is 10.4. The standard InChI is InChI=1S/C19H15Cl2FN4.C4H10/c1-11-6-3-4-9-16(11)25-18-13(10-23-19(21)26-18)12(2)24-17-14(20)7-5-8-15(17)22;1-3-4-2/h3-10,24H,2H2,1H3,(H,23,25,26);3-4H2,1-2H3. The molecule has 3 rings (SSSR count). The Morgan fingerprint density at radius 1 is 1.07 bits per heavy atom. The lowest BCUT2D eigenvalue weighted by atomic mass is 10.1. The first-order chi connectivity index (χ1) is 14.4. The molecule has 0 aliphatic rings. The molecule has 0 spiro atoms. The van der Waals surface area contributed by atoms with E-state index in [9.17, 15) is 4.39 Å². The van der Waals surface area contributed by atoms with E-state index in [0.717, 1.165) is 11.3 Å². The monoisotopic (exact) mass is 446 g/mol. The van der Waals surface area contributed by atoms with Gasteiger partial charge in [0.1, 0.15) is 11.6 Å². The minimum absolute atomic E-state index is 0.0848. The van der Waals surface area contributed by atoms with Gasteiger partial charge in [-0.15, -0.1) is 0 Å². The second kappa shape index (κ2) is 11.5. The summed E-state index contributed by atoms with van der Waals surface area (Å²) in [6.07, 6.45) is 4.15. The first kappa shape index (κ1) is 23.6. The highest BCUT2D eigenvalue weighted by molar-refractivity contribution is 6.33. The van der Waals surface area contributed by atoms with Crippen molar-refractivity contribution >= 4 is 46.1 Å². The highest BCUT2D eigenvalue weighted by Crippen LogP contribution is 2.31. The van der Waals surface area contributed by atoms with E-state index in [4.69, 9.17) is 23.2 Å². The average Bonchev–Trinajstić information content (AvgIpc) is 2.73. The van der Waals surface area contributed by atoms with Crippen LogP contribution in [-0.2, 0) is 0 Å². The molecule has 7 heteroatoms. The maximum absolute atomic E-state index is 14.0. The summed E-state index contributed by atoms with van der Waals surface area (Å²) in [5.74, 6) is -0.0359. The molecule has 3 aromatic rings. The van der Waals surface area contributed by atoms with Gasteiger partial charge in [-0.3, -0.25) is 0 Å². The van der Waals surface area contributed by atoms with Crippen molar-refractivity contribution in [2.75, 3.05) is 10.6 Å². The second-order valence-corrected chi connectivity index (χ2v) is 7.29. The van der Waals surface area contributed by atoms with E-state index < -0.39 is 5.82 Å². The van der Waals surface area contributed by atoms with Crippen LogP contribution >= 0.6 is 23.2 Å². The summed E-state index contributed by atoms with van der Waals surface area (Å²) in [6, 6.07) is 12.2. The Labute approximate surface area is 187 Å². The number of unbranched alkanes of at least 4 members (excludes halogenated alkanes) is 1. The van der Waals surface area contributed by atoms with E-state index in [-0.39, 0.29) is 16.0 Å². The fraction of sp³-hybridized carbons (Fsp3) is 0.217. The molecule has 0 aliphatic heterocycles. The van der Waals surface area contributed by atoms with Crippen molar-refractivity contribution in [2.24, 2.45) is 0 Å². The Balaban J connectivity index is 0.000000735. The summed E-state index contributed by atoms with van der Waals surface area (Å²) in [5, 5.41) is 6.43. The van der Waals surface area contributed by atoms with E-state index in [0.29, 0.717) is 17.1 Å². The number of anilines is 3. The van der Waals surface area contributed by atoms with Gasteiger partial charge >= 0.3 is 0 Å². The number of para-hydroxylation sites is 2. The molecule has 0 saturated carbocycles. The molecule has 1 aromatic heterocycles. The zero-order chi connectivity index (χ0) is 22.1. The van der Waals surface area contributed by atoms with Crippen LogP contribution in [0.5, 0.6) is 0 Å². The van der Waals surface area contributed by atoms with Crippen LogP contribution in [0.15, 0.2) is 55.2 Å². The summed E-state index contributed by atoms with van der Waals surface area (Å²) in [6.45, 7) is 10.3. The molecular formula is C23H25Cl2FN4. The van der Waals surface area contributed by atoms with Gasteiger partial charge in [0, 0.05) is 17.6 Å². The van der Waals surface area contributed by atoms with Crippen LogP contribution in [0.25, 0.3) is 5.70 Å². The summed E-state index contributed by atoms with van der Waals surface area (Å²) in [5.41, 5.74) is 2.95. The highest BCUT2D eigenvalue weighted by atomic mass is 35.5. The van der Waals surface area contributed by atoms with Crippen LogP contribution in [0.4, 0.5) is 21.6 Å².